The monoisotopic (exact) mass is 338 g/mol. The molecular formula is C15H12BrFO3. The summed E-state index contributed by atoms with van der Waals surface area (Å²) in [4.78, 5) is 11.8. The second-order valence-corrected chi connectivity index (χ2v) is 4.93. The molecule has 0 spiro atoms. The van der Waals surface area contributed by atoms with Gasteiger partial charge in [-0.1, -0.05) is 34.1 Å². The minimum Gasteiger partial charge on any atom is -0.496 e. The van der Waals surface area contributed by atoms with Crippen molar-refractivity contribution in [2.75, 3.05) is 7.11 Å². The molecule has 0 fully saturated rings. The molecule has 0 radical (unpaired) electrons. The molecule has 0 aliphatic carbocycles. The lowest BCUT2D eigenvalue weighted by molar-refractivity contribution is 0.0465. The highest BCUT2D eigenvalue weighted by molar-refractivity contribution is 9.10. The van der Waals surface area contributed by atoms with Gasteiger partial charge >= 0.3 is 5.97 Å². The van der Waals surface area contributed by atoms with Crippen LogP contribution in [-0.4, -0.2) is 13.1 Å². The number of hydrogen-bond acceptors (Lipinski definition) is 3. The van der Waals surface area contributed by atoms with Crippen LogP contribution in [0.5, 0.6) is 5.75 Å². The zero-order valence-electron chi connectivity index (χ0n) is 10.7. The molecule has 0 heterocycles. The first-order valence-corrected chi connectivity index (χ1v) is 6.65. The summed E-state index contributed by atoms with van der Waals surface area (Å²) in [6, 6.07) is 11.4. The van der Waals surface area contributed by atoms with Gasteiger partial charge in [0, 0.05) is 10.0 Å². The van der Waals surface area contributed by atoms with Gasteiger partial charge in [-0.25, -0.2) is 9.18 Å². The van der Waals surface area contributed by atoms with Crippen molar-refractivity contribution >= 4 is 21.9 Å². The van der Waals surface area contributed by atoms with Crippen LogP contribution < -0.4 is 4.74 Å². The van der Waals surface area contributed by atoms with Crippen LogP contribution in [0.15, 0.2) is 46.9 Å². The summed E-state index contributed by atoms with van der Waals surface area (Å²) in [5.41, 5.74) is 0.629. The van der Waals surface area contributed by atoms with E-state index in [-0.39, 0.29) is 12.2 Å². The third kappa shape index (κ3) is 3.36. The zero-order valence-corrected chi connectivity index (χ0v) is 12.3. The van der Waals surface area contributed by atoms with E-state index in [9.17, 15) is 9.18 Å². The maximum absolute atomic E-state index is 13.6. The topological polar surface area (TPSA) is 35.5 Å². The molecule has 2 aromatic carbocycles. The van der Waals surface area contributed by atoms with Gasteiger partial charge in [-0.2, -0.15) is 0 Å². The Morgan fingerprint density at radius 3 is 2.70 bits per heavy atom. The number of rotatable bonds is 4. The number of carbonyl (C=O) groups excluding carboxylic acids is 1. The lowest BCUT2D eigenvalue weighted by Gasteiger charge is -2.09. The summed E-state index contributed by atoms with van der Waals surface area (Å²) in [5, 5.41) is 0. The Morgan fingerprint density at radius 2 is 2.00 bits per heavy atom. The average Bonchev–Trinajstić information content (AvgIpc) is 2.45. The standard InChI is InChI=1S/C15H12BrFO3/c1-19-14-5-3-2-4-10(14)9-20-15(18)12-7-6-11(16)8-13(12)17/h2-8H,9H2,1H3. The van der Waals surface area contributed by atoms with E-state index in [1.54, 1.807) is 18.2 Å². The second kappa shape index (κ2) is 6.52. The fraction of sp³-hybridized carbons (Fsp3) is 0.133. The molecule has 0 amide bonds. The molecule has 0 aliphatic rings. The van der Waals surface area contributed by atoms with E-state index >= 15 is 0 Å². The Kier molecular flexibility index (Phi) is 4.74. The molecule has 0 atom stereocenters. The predicted octanol–water partition coefficient (Wildman–Crippen LogP) is 3.95. The van der Waals surface area contributed by atoms with Crippen molar-refractivity contribution in [3.8, 4) is 5.75 Å². The van der Waals surface area contributed by atoms with Gasteiger partial charge in [0.15, 0.2) is 0 Å². The van der Waals surface area contributed by atoms with Crippen LogP contribution in [0.4, 0.5) is 4.39 Å². The highest BCUT2D eigenvalue weighted by Crippen LogP contribution is 2.20. The Bertz CT molecular complexity index is 628. The van der Waals surface area contributed by atoms with Crippen molar-refractivity contribution in [1.29, 1.82) is 0 Å². The summed E-state index contributed by atoms with van der Waals surface area (Å²) >= 11 is 3.13. The van der Waals surface area contributed by atoms with Crippen LogP contribution in [0.1, 0.15) is 15.9 Å². The molecule has 0 N–H and O–H groups in total. The zero-order chi connectivity index (χ0) is 14.5. The Labute approximate surface area is 124 Å². The predicted molar refractivity (Wildman–Crippen MR) is 76.2 cm³/mol. The molecule has 2 rings (SSSR count). The van der Waals surface area contributed by atoms with Crippen LogP contribution >= 0.6 is 15.9 Å². The molecule has 0 aliphatic heterocycles. The van der Waals surface area contributed by atoms with Gasteiger partial charge in [0.25, 0.3) is 0 Å². The minimum atomic E-state index is -0.707. The van der Waals surface area contributed by atoms with E-state index in [1.807, 2.05) is 12.1 Å². The smallest absolute Gasteiger partial charge is 0.341 e. The first-order chi connectivity index (χ1) is 9.61. The molecule has 0 unspecified atom stereocenters. The minimum absolute atomic E-state index is 0.0261. The molecule has 2 aromatic rings. The molecule has 0 saturated heterocycles. The number of benzene rings is 2. The number of methoxy groups -OCH3 is 1. The summed E-state index contributed by atoms with van der Waals surface area (Å²) < 4.78 is 24.4. The molecule has 20 heavy (non-hydrogen) atoms. The number of para-hydroxylation sites is 1. The molecule has 104 valence electrons. The van der Waals surface area contributed by atoms with Gasteiger partial charge in [-0.3, -0.25) is 0 Å². The summed E-state index contributed by atoms with van der Waals surface area (Å²) in [7, 11) is 1.54. The maximum atomic E-state index is 13.6. The van der Waals surface area contributed by atoms with Crippen LogP contribution in [-0.2, 0) is 11.3 Å². The largest absolute Gasteiger partial charge is 0.496 e. The van der Waals surface area contributed by atoms with E-state index < -0.39 is 11.8 Å². The van der Waals surface area contributed by atoms with Crippen molar-refractivity contribution < 1.29 is 18.7 Å². The molecule has 3 nitrogen and oxygen atoms in total. The van der Waals surface area contributed by atoms with E-state index in [1.165, 1.54) is 19.2 Å². The third-order valence-corrected chi connectivity index (χ3v) is 3.20. The summed E-state index contributed by atoms with van der Waals surface area (Å²) in [6.45, 7) is 0.0261. The van der Waals surface area contributed by atoms with Gasteiger partial charge in [0.1, 0.15) is 18.2 Å². The van der Waals surface area contributed by atoms with Crippen molar-refractivity contribution in [3.05, 3.63) is 63.9 Å². The fourth-order valence-corrected chi connectivity index (χ4v) is 2.03. The Morgan fingerprint density at radius 1 is 1.25 bits per heavy atom. The van der Waals surface area contributed by atoms with E-state index in [0.717, 1.165) is 5.56 Å². The van der Waals surface area contributed by atoms with Crippen molar-refractivity contribution in [3.63, 3.8) is 0 Å². The highest BCUT2D eigenvalue weighted by Gasteiger charge is 2.14. The lowest BCUT2D eigenvalue weighted by Crippen LogP contribution is -2.08. The first kappa shape index (κ1) is 14.5. The number of hydrogen-bond donors (Lipinski definition) is 0. The average molecular weight is 339 g/mol. The first-order valence-electron chi connectivity index (χ1n) is 5.86. The summed E-state index contributed by atoms with van der Waals surface area (Å²) in [6.07, 6.45) is 0. The number of ether oxygens (including phenoxy) is 2. The number of halogens is 2. The number of carbonyl (C=O) groups is 1. The molecule has 0 aromatic heterocycles. The molecular weight excluding hydrogens is 327 g/mol. The van der Waals surface area contributed by atoms with Crippen LogP contribution in [0.25, 0.3) is 0 Å². The maximum Gasteiger partial charge on any atom is 0.341 e. The Hall–Kier alpha value is -1.88. The van der Waals surface area contributed by atoms with Crippen LogP contribution in [0, 0.1) is 5.82 Å². The number of esters is 1. The van der Waals surface area contributed by atoms with Gasteiger partial charge in [0.2, 0.25) is 0 Å². The van der Waals surface area contributed by atoms with Gasteiger partial charge in [-0.15, -0.1) is 0 Å². The van der Waals surface area contributed by atoms with Crippen molar-refractivity contribution in [2.24, 2.45) is 0 Å². The van der Waals surface area contributed by atoms with Crippen molar-refractivity contribution in [2.45, 2.75) is 6.61 Å². The molecule has 5 heteroatoms. The lowest BCUT2D eigenvalue weighted by atomic mass is 10.2. The third-order valence-electron chi connectivity index (χ3n) is 2.70. The van der Waals surface area contributed by atoms with Crippen molar-refractivity contribution in [1.82, 2.24) is 0 Å². The summed E-state index contributed by atoms with van der Waals surface area (Å²) in [5.74, 6) is -0.707. The molecule has 0 saturated carbocycles. The second-order valence-electron chi connectivity index (χ2n) is 4.01. The molecule has 0 bridgehead atoms. The van der Waals surface area contributed by atoms with E-state index in [2.05, 4.69) is 15.9 Å². The van der Waals surface area contributed by atoms with E-state index in [4.69, 9.17) is 9.47 Å². The SMILES string of the molecule is COc1ccccc1COC(=O)c1ccc(Br)cc1F. The van der Waals surface area contributed by atoms with Gasteiger partial charge < -0.3 is 9.47 Å². The van der Waals surface area contributed by atoms with Crippen LogP contribution in [0.2, 0.25) is 0 Å². The van der Waals surface area contributed by atoms with Gasteiger partial charge in [-0.05, 0) is 24.3 Å². The van der Waals surface area contributed by atoms with Crippen LogP contribution in [0.3, 0.4) is 0 Å². The highest BCUT2D eigenvalue weighted by atomic mass is 79.9. The Balaban J connectivity index is 2.09. The quantitative estimate of drug-likeness (QED) is 0.791. The normalized spacial score (nSPS) is 10.2. The van der Waals surface area contributed by atoms with E-state index in [0.29, 0.717) is 10.2 Å². The van der Waals surface area contributed by atoms with Gasteiger partial charge in [0.05, 0.1) is 12.7 Å². The fourth-order valence-electron chi connectivity index (χ4n) is 1.70.